The van der Waals surface area contributed by atoms with Gasteiger partial charge in [-0.1, -0.05) is 114 Å². The number of phenols is 1. The molecule has 1 aromatic carbocycles. The normalized spacial score (nSPS) is 14.7. The molecule has 0 aromatic heterocycles. The van der Waals surface area contributed by atoms with Crippen molar-refractivity contribution in [2.24, 2.45) is 64.2 Å². The molecular weight excluding hydrogens is 1250 g/mol. The molecule has 10 amide bonds. The molecular formula is C73H134N14O11. The summed E-state index contributed by atoms with van der Waals surface area (Å²) in [5, 5.41) is 37.0. The molecule has 0 bridgehead atoms. The Balaban J connectivity index is 3.17. The smallest absolute Gasteiger partial charge is 0.222 e. The summed E-state index contributed by atoms with van der Waals surface area (Å²) in [5.41, 5.74) is 30.1. The quantitative estimate of drug-likeness (QED) is 0.0349. The van der Waals surface area contributed by atoms with E-state index in [1.54, 1.807) is 24.3 Å². The van der Waals surface area contributed by atoms with Crippen molar-refractivity contribution in [3.05, 3.63) is 29.8 Å². The Hall–Kier alpha value is -6.44. The molecule has 98 heavy (non-hydrogen) atoms. The van der Waals surface area contributed by atoms with Gasteiger partial charge in [0, 0.05) is 125 Å². The van der Waals surface area contributed by atoms with Gasteiger partial charge in [0.2, 0.25) is 59.1 Å². The number of primary amides is 1. The second kappa shape index (κ2) is 50.8. The second-order valence-corrected chi connectivity index (χ2v) is 30.1. The van der Waals surface area contributed by atoms with E-state index in [-0.39, 0.29) is 159 Å². The van der Waals surface area contributed by atoms with Crippen LogP contribution < -0.4 is 76.5 Å². The SMILES string of the molecule is CC(C)C[C@@H](CC(=O)N[C@@H](CC(=O)N[C@H](CCCCN)CC(=O)N[C@@H](CC(=O)N[C@@H](CC(=O)N[C@H](CCCCN)CC(N)=O)CC(C)C)CC(C)C)CC(C)C)NC(=O)C[C@@H](CCCCN)NC(=O)C[C@@H](CC(C)C)NC(=O)C[C@@H](CC(C)C)NC(=O)C[C@H](N)Cc1ccc(O)cc1. The zero-order valence-electron chi connectivity index (χ0n) is 62.0. The Labute approximate surface area is 587 Å². The predicted molar refractivity (Wildman–Crippen MR) is 388 cm³/mol. The highest BCUT2D eigenvalue weighted by molar-refractivity contribution is 5.85. The van der Waals surface area contributed by atoms with Crippen molar-refractivity contribution in [1.29, 1.82) is 0 Å². The van der Waals surface area contributed by atoms with Crippen molar-refractivity contribution in [2.75, 3.05) is 19.6 Å². The van der Waals surface area contributed by atoms with E-state index in [9.17, 15) is 53.1 Å². The van der Waals surface area contributed by atoms with Crippen LogP contribution in [0.5, 0.6) is 5.75 Å². The van der Waals surface area contributed by atoms with Crippen LogP contribution in [0.1, 0.15) is 249 Å². The topological polar surface area (TPSA) is 429 Å². The zero-order valence-corrected chi connectivity index (χ0v) is 62.0. The third kappa shape index (κ3) is 46.8. The van der Waals surface area contributed by atoms with E-state index in [1.165, 1.54) is 0 Å². The Morgan fingerprint density at radius 3 is 0.735 bits per heavy atom. The van der Waals surface area contributed by atoms with Crippen LogP contribution in [0.15, 0.2) is 24.3 Å². The average Bonchev–Trinajstić information content (AvgIpc) is 0.931. The van der Waals surface area contributed by atoms with Crippen molar-refractivity contribution in [3.8, 4) is 5.75 Å². The van der Waals surface area contributed by atoms with E-state index in [1.807, 2.05) is 83.1 Å². The van der Waals surface area contributed by atoms with Crippen LogP contribution in [-0.4, -0.2) is 144 Å². The highest BCUT2D eigenvalue weighted by Gasteiger charge is 2.30. The minimum absolute atomic E-state index is 0.00196. The van der Waals surface area contributed by atoms with E-state index in [2.05, 4.69) is 47.9 Å². The number of nitrogens with two attached hydrogens (primary N) is 5. The molecule has 0 saturated heterocycles. The summed E-state index contributed by atoms with van der Waals surface area (Å²) < 4.78 is 0. The first-order chi connectivity index (χ1) is 46.1. The Morgan fingerprint density at radius 1 is 0.316 bits per heavy atom. The fourth-order valence-corrected chi connectivity index (χ4v) is 12.7. The van der Waals surface area contributed by atoms with E-state index in [0.717, 1.165) is 12.0 Å². The fraction of sp³-hybridized carbons (Fsp3) is 0.781. The molecule has 25 heteroatoms. The molecule has 0 unspecified atom stereocenters. The maximum atomic E-state index is 14.1. The lowest BCUT2D eigenvalue weighted by Gasteiger charge is -2.27. The van der Waals surface area contributed by atoms with E-state index in [0.29, 0.717) is 116 Å². The van der Waals surface area contributed by atoms with Crippen LogP contribution in [-0.2, 0) is 54.4 Å². The van der Waals surface area contributed by atoms with Crippen LogP contribution in [0.4, 0.5) is 0 Å². The highest BCUT2D eigenvalue weighted by Crippen LogP contribution is 2.19. The van der Waals surface area contributed by atoms with Crippen LogP contribution in [0.25, 0.3) is 0 Å². The molecule has 0 radical (unpaired) electrons. The van der Waals surface area contributed by atoms with Gasteiger partial charge in [-0.05, 0) is 156 Å². The first-order valence-electron chi connectivity index (χ1n) is 36.7. The summed E-state index contributed by atoms with van der Waals surface area (Å²) in [7, 11) is 0. The molecule has 1 rings (SSSR count). The molecule has 562 valence electrons. The first-order valence-corrected chi connectivity index (χ1v) is 36.7. The number of benzene rings is 1. The van der Waals surface area contributed by atoms with Gasteiger partial charge < -0.3 is 81.6 Å². The minimum Gasteiger partial charge on any atom is -0.508 e. The Morgan fingerprint density at radius 2 is 0.520 bits per heavy atom. The number of carbonyl (C=O) groups is 10. The van der Waals surface area contributed by atoms with Gasteiger partial charge >= 0.3 is 0 Å². The molecule has 10 atom stereocenters. The lowest BCUT2D eigenvalue weighted by atomic mass is 9.97. The van der Waals surface area contributed by atoms with Crippen LogP contribution in [0.2, 0.25) is 0 Å². The summed E-state index contributed by atoms with van der Waals surface area (Å²) >= 11 is 0. The van der Waals surface area contributed by atoms with Crippen LogP contribution in [0, 0.1) is 35.5 Å². The fourth-order valence-electron chi connectivity index (χ4n) is 12.7. The van der Waals surface area contributed by atoms with E-state index in [4.69, 9.17) is 28.7 Å². The van der Waals surface area contributed by atoms with Crippen molar-refractivity contribution < 1.29 is 53.1 Å². The lowest BCUT2D eigenvalue weighted by molar-refractivity contribution is -0.128. The predicted octanol–water partition coefficient (Wildman–Crippen LogP) is 5.68. The van der Waals surface area contributed by atoms with Crippen LogP contribution >= 0.6 is 0 Å². The summed E-state index contributed by atoms with van der Waals surface area (Å²) in [6.45, 7) is 25.3. The average molecular weight is 1380 g/mol. The van der Waals surface area contributed by atoms with E-state index >= 15 is 0 Å². The third-order valence-electron chi connectivity index (χ3n) is 16.6. The van der Waals surface area contributed by atoms with Gasteiger partial charge in [0.05, 0.1) is 0 Å². The number of carbonyl (C=O) groups excluding carboxylic acids is 10. The summed E-state index contributed by atoms with van der Waals surface area (Å²) in [6, 6.07) is 1.33. The maximum Gasteiger partial charge on any atom is 0.222 e. The zero-order chi connectivity index (χ0) is 73.9. The number of hydrogen-bond donors (Lipinski definition) is 15. The minimum atomic E-state index is -0.584. The maximum absolute atomic E-state index is 14.1. The summed E-state index contributed by atoms with van der Waals surface area (Å²) in [6.07, 6.45) is 8.57. The molecule has 25 nitrogen and oxygen atoms in total. The van der Waals surface area contributed by atoms with Gasteiger partial charge in [0.25, 0.3) is 0 Å². The molecule has 0 heterocycles. The van der Waals surface area contributed by atoms with Gasteiger partial charge in [-0.2, -0.15) is 0 Å². The van der Waals surface area contributed by atoms with Gasteiger partial charge in [-0.25, -0.2) is 0 Å². The molecule has 0 fully saturated rings. The molecule has 0 aliphatic heterocycles. The largest absolute Gasteiger partial charge is 0.508 e. The second-order valence-electron chi connectivity index (χ2n) is 30.1. The van der Waals surface area contributed by atoms with Crippen LogP contribution in [0.3, 0.4) is 0 Å². The molecule has 0 saturated carbocycles. The molecule has 20 N–H and O–H groups in total. The molecule has 0 aliphatic carbocycles. The monoisotopic (exact) mass is 1380 g/mol. The third-order valence-corrected chi connectivity index (χ3v) is 16.6. The molecule has 1 aromatic rings. The van der Waals surface area contributed by atoms with Crippen molar-refractivity contribution in [2.45, 2.75) is 310 Å². The van der Waals surface area contributed by atoms with E-state index < -0.39 is 66.3 Å². The Kier molecular flexibility index (Phi) is 46.4. The number of nitrogens with one attached hydrogen (secondary N) is 9. The highest BCUT2D eigenvalue weighted by atomic mass is 16.3. The number of rotatable bonds is 55. The lowest BCUT2D eigenvalue weighted by Crippen LogP contribution is -2.48. The molecule has 0 aliphatic rings. The van der Waals surface area contributed by atoms with Crippen molar-refractivity contribution >= 4 is 59.1 Å². The summed E-state index contributed by atoms with van der Waals surface area (Å²) in [5.74, 6) is -2.69. The standard InChI is InChI=1S/C73H134N14O11/c1-46(2)29-57(82-65(90)36-53(77)35-52-22-24-63(88)25-23-52)43-71(96)86-59(31-48(5)6)41-69(94)80-55(20-14-17-27-75)38-67(92)84-62(34-51(11)12)45-73(98)87-60(32-49(7)8)42-70(95)81-56(21-15-18-28-76)39-66(91)83-61(33-50(9)10)44-72(97)85-58(30-47(3)4)40-68(93)79-54(37-64(78)89)19-13-16-26-74/h22-25,46-51,53-62,88H,13-21,26-45,74-77H2,1-12H3,(H2,78,89)(H,79,93)(H,80,94)(H,81,95)(H,82,90)(H,83,91)(H,84,92)(H,85,97)(H,86,96)(H,87,98)/t53-,54-,55-,56-,57-,58-,59-,60-,61-,62+/m1/s1. The Bertz CT molecular complexity index is 2500. The van der Waals surface area contributed by atoms with Crippen molar-refractivity contribution in [1.82, 2.24) is 47.9 Å². The summed E-state index contributed by atoms with van der Waals surface area (Å²) in [4.78, 5) is 136. The van der Waals surface area contributed by atoms with Gasteiger partial charge in [-0.15, -0.1) is 0 Å². The molecule has 0 spiro atoms. The number of unbranched alkanes of at least 4 members (excludes halogenated alkanes) is 3. The van der Waals surface area contributed by atoms with Crippen molar-refractivity contribution in [3.63, 3.8) is 0 Å². The number of hydrogen-bond acceptors (Lipinski definition) is 15. The number of phenolic OH excluding ortho intramolecular Hbond substituents is 1. The van der Waals surface area contributed by atoms with Gasteiger partial charge in [0.15, 0.2) is 0 Å². The first kappa shape index (κ1) is 89.6. The van der Waals surface area contributed by atoms with Gasteiger partial charge in [-0.3, -0.25) is 47.9 Å². The number of aromatic hydroxyl groups is 1. The number of amides is 10. The van der Waals surface area contributed by atoms with Gasteiger partial charge in [0.1, 0.15) is 5.75 Å².